The minimum absolute atomic E-state index is 0.0426. The topological polar surface area (TPSA) is 158 Å². The number of amides is 2. The molecule has 11 nitrogen and oxygen atoms in total. The maximum atomic E-state index is 13.2. The van der Waals surface area contributed by atoms with Gasteiger partial charge in [0, 0.05) is 25.0 Å². The van der Waals surface area contributed by atoms with Gasteiger partial charge in [-0.15, -0.1) is 0 Å². The van der Waals surface area contributed by atoms with Crippen LogP contribution in [0, 0.1) is 5.41 Å². The third kappa shape index (κ3) is 7.20. The predicted molar refractivity (Wildman–Crippen MR) is 151 cm³/mol. The number of guanidine groups is 1. The molecule has 228 valence electrons. The van der Waals surface area contributed by atoms with Crippen molar-refractivity contribution in [3.05, 3.63) is 64.9 Å². The average molecular weight is 621 g/mol. The second-order valence-electron chi connectivity index (χ2n) is 10.3. The van der Waals surface area contributed by atoms with Gasteiger partial charge in [-0.05, 0) is 56.5 Å². The zero-order valence-electron chi connectivity index (χ0n) is 23.0. The number of carboxylic acid groups (broad SMARTS) is 1. The van der Waals surface area contributed by atoms with Gasteiger partial charge < -0.3 is 20.5 Å². The van der Waals surface area contributed by atoms with Crippen molar-refractivity contribution in [3.8, 4) is 0 Å². The zero-order valence-corrected chi connectivity index (χ0v) is 23.8. The minimum Gasteiger partial charge on any atom is -0.475 e. The fourth-order valence-electron chi connectivity index (χ4n) is 4.96. The molecule has 4 heterocycles. The lowest BCUT2D eigenvalue weighted by atomic mass is 9.85. The molecule has 0 bridgehead atoms. The fraction of sp³-hybridized carbons (Fsp3) is 0.357. The number of rotatable bonds is 4. The summed E-state index contributed by atoms with van der Waals surface area (Å²) >= 11 is 6.76. The number of hydrogen-bond donors (Lipinski definition) is 4. The van der Waals surface area contributed by atoms with Gasteiger partial charge in [0.05, 0.1) is 45.4 Å². The van der Waals surface area contributed by atoms with Crippen LogP contribution in [0.1, 0.15) is 49.0 Å². The molecule has 0 spiro atoms. The lowest BCUT2D eigenvalue weighted by molar-refractivity contribution is -0.192. The van der Waals surface area contributed by atoms with E-state index in [4.69, 9.17) is 31.6 Å². The van der Waals surface area contributed by atoms with Crippen molar-refractivity contribution in [3.63, 3.8) is 0 Å². The van der Waals surface area contributed by atoms with Crippen molar-refractivity contribution in [1.82, 2.24) is 20.2 Å². The highest BCUT2D eigenvalue weighted by Crippen LogP contribution is 2.38. The number of nitrogens with one attached hydrogen (secondary N) is 3. The lowest BCUT2D eigenvalue weighted by Crippen LogP contribution is -2.63. The number of nitrogens with zero attached hydrogens (tertiary/aromatic N) is 3. The Balaban J connectivity index is 0.000000541. The molecule has 0 aliphatic carbocycles. The number of benzene rings is 1. The molecule has 3 aromatic rings. The number of aliphatic carboxylic acids is 1. The standard InChI is InChI=1S/C26H27ClN6O3.C2HF3O2/c1-15-11-17(8-10-36-15)33-22(34)13-26(2,32-25(33)28)18-5-3-6-20(23(18)27)31-24(35)16-12-21-19(30-14-16)7-4-9-29-21;3-2(4,5)1(6)7/h3-7,9,12,14-15,17H,8,10-11,13H2,1-2H3,(H2,28,32)(H,31,35);(H,6,7)/t15-,17-,26+;/m1./s1. The average Bonchev–Trinajstić information content (AvgIpc) is 2.93. The number of halogens is 4. The highest BCUT2D eigenvalue weighted by molar-refractivity contribution is 6.35. The zero-order chi connectivity index (χ0) is 31.5. The number of ether oxygens (including phenoxy) is 1. The molecule has 43 heavy (non-hydrogen) atoms. The van der Waals surface area contributed by atoms with Crippen LogP contribution in [0.2, 0.25) is 5.02 Å². The van der Waals surface area contributed by atoms with Gasteiger partial charge in [0.15, 0.2) is 5.96 Å². The summed E-state index contributed by atoms with van der Waals surface area (Å²) in [5, 5.41) is 22.1. The second kappa shape index (κ2) is 12.5. The summed E-state index contributed by atoms with van der Waals surface area (Å²) < 4.78 is 37.3. The first-order valence-electron chi connectivity index (χ1n) is 13.1. The van der Waals surface area contributed by atoms with Crippen molar-refractivity contribution in [2.24, 2.45) is 0 Å². The molecule has 0 radical (unpaired) electrons. The Morgan fingerprint density at radius 1 is 1.23 bits per heavy atom. The second-order valence-corrected chi connectivity index (χ2v) is 10.7. The van der Waals surface area contributed by atoms with Gasteiger partial charge in [0.25, 0.3) is 5.91 Å². The van der Waals surface area contributed by atoms with E-state index in [-0.39, 0.29) is 36.3 Å². The Kier molecular flexibility index (Phi) is 9.21. The van der Waals surface area contributed by atoms with E-state index in [2.05, 4.69) is 20.6 Å². The number of carboxylic acids is 1. The van der Waals surface area contributed by atoms with Crippen molar-refractivity contribution in [2.75, 3.05) is 11.9 Å². The minimum atomic E-state index is -5.08. The van der Waals surface area contributed by atoms with E-state index >= 15 is 0 Å². The number of carbonyl (C=O) groups is 3. The number of pyridine rings is 2. The van der Waals surface area contributed by atoms with Crippen LogP contribution in [-0.4, -0.2) is 68.6 Å². The van der Waals surface area contributed by atoms with E-state index in [0.717, 1.165) is 0 Å². The van der Waals surface area contributed by atoms with Crippen LogP contribution in [0.5, 0.6) is 0 Å². The molecule has 2 saturated heterocycles. The maximum absolute atomic E-state index is 13.2. The van der Waals surface area contributed by atoms with Crippen LogP contribution in [0.15, 0.2) is 48.8 Å². The quantitative estimate of drug-likeness (QED) is 0.327. The Morgan fingerprint density at radius 2 is 1.95 bits per heavy atom. The van der Waals surface area contributed by atoms with Crippen molar-refractivity contribution >= 4 is 52.1 Å². The van der Waals surface area contributed by atoms with Crippen LogP contribution >= 0.6 is 11.6 Å². The van der Waals surface area contributed by atoms with Crippen LogP contribution < -0.4 is 10.6 Å². The molecule has 1 aromatic carbocycles. The number of alkyl halides is 3. The monoisotopic (exact) mass is 620 g/mol. The third-order valence-electron chi connectivity index (χ3n) is 7.03. The first-order valence-corrected chi connectivity index (χ1v) is 13.5. The van der Waals surface area contributed by atoms with E-state index in [1.54, 1.807) is 41.4 Å². The van der Waals surface area contributed by atoms with Gasteiger partial charge in [0.1, 0.15) is 0 Å². The SMILES string of the molecule is C[C@@H]1C[C@H](N2C(=N)N[C@](C)(c3cccc(NC(=O)c4cnc5cccnc5c4)c3Cl)CC2=O)CCO1.O=C(O)C(F)(F)F. The Hall–Kier alpha value is -4.30. The van der Waals surface area contributed by atoms with Crippen LogP contribution in [0.25, 0.3) is 11.0 Å². The molecule has 2 amide bonds. The van der Waals surface area contributed by atoms with Gasteiger partial charge in [-0.2, -0.15) is 13.2 Å². The molecule has 15 heteroatoms. The van der Waals surface area contributed by atoms with Crippen molar-refractivity contribution in [2.45, 2.75) is 57.0 Å². The summed E-state index contributed by atoms with van der Waals surface area (Å²) in [5.41, 5.74) is 1.78. The normalized spacial score (nSPS) is 22.3. The number of hydrogen-bond acceptors (Lipinski definition) is 7. The smallest absolute Gasteiger partial charge is 0.475 e. The number of carbonyl (C=O) groups excluding carboxylic acids is 2. The molecular formula is C28H28ClF3N6O5. The molecular weight excluding hydrogens is 593 g/mol. The van der Waals surface area contributed by atoms with E-state index in [1.807, 2.05) is 19.9 Å². The number of fused-ring (bicyclic) bond motifs is 1. The molecule has 0 saturated carbocycles. The molecule has 3 atom stereocenters. The summed E-state index contributed by atoms with van der Waals surface area (Å²) in [5.74, 6) is -3.22. The molecule has 2 fully saturated rings. The van der Waals surface area contributed by atoms with Gasteiger partial charge >= 0.3 is 12.1 Å². The molecule has 4 N–H and O–H groups in total. The Labute approximate surface area is 248 Å². The van der Waals surface area contributed by atoms with Crippen molar-refractivity contribution < 1.29 is 37.4 Å². The lowest BCUT2D eigenvalue weighted by Gasteiger charge is -2.45. The van der Waals surface area contributed by atoms with Gasteiger partial charge in [-0.1, -0.05) is 23.7 Å². The first-order chi connectivity index (χ1) is 20.2. The van der Waals surface area contributed by atoms with Crippen molar-refractivity contribution in [1.29, 1.82) is 5.41 Å². The van der Waals surface area contributed by atoms with Crippen LogP contribution in [-0.2, 0) is 19.9 Å². The van der Waals surface area contributed by atoms with E-state index in [0.29, 0.717) is 52.3 Å². The summed E-state index contributed by atoms with van der Waals surface area (Å²) in [6, 6.07) is 10.5. The fourth-order valence-corrected chi connectivity index (χ4v) is 5.34. The highest BCUT2D eigenvalue weighted by Gasteiger charge is 2.44. The summed E-state index contributed by atoms with van der Waals surface area (Å²) in [6.45, 7) is 4.39. The third-order valence-corrected chi connectivity index (χ3v) is 7.44. The predicted octanol–water partition coefficient (Wildman–Crippen LogP) is 4.71. The van der Waals surface area contributed by atoms with Gasteiger partial charge in [-0.25, -0.2) is 4.79 Å². The van der Waals surface area contributed by atoms with E-state index in [9.17, 15) is 22.8 Å². The molecule has 2 aromatic heterocycles. The number of anilines is 1. The summed E-state index contributed by atoms with van der Waals surface area (Å²) in [7, 11) is 0. The van der Waals surface area contributed by atoms with Crippen LogP contribution in [0.3, 0.4) is 0 Å². The van der Waals surface area contributed by atoms with Gasteiger partial charge in [0.2, 0.25) is 5.91 Å². The van der Waals surface area contributed by atoms with E-state index < -0.39 is 17.7 Å². The maximum Gasteiger partial charge on any atom is 0.490 e. The molecule has 5 rings (SSSR count). The van der Waals surface area contributed by atoms with Crippen LogP contribution in [0.4, 0.5) is 18.9 Å². The molecule has 2 aliphatic heterocycles. The van der Waals surface area contributed by atoms with E-state index in [1.165, 1.54) is 6.20 Å². The molecule has 2 aliphatic rings. The first kappa shape index (κ1) is 31.6. The Bertz CT molecular complexity index is 1550. The molecule has 0 unspecified atom stereocenters. The summed E-state index contributed by atoms with van der Waals surface area (Å²) in [6.07, 6.45) is -0.398. The largest absolute Gasteiger partial charge is 0.490 e. The van der Waals surface area contributed by atoms with Gasteiger partial charge in [-0.3, -0.25) is 29.9 Å². The highest BCUT2D eigenvalue weighted by atomic mass is 35.5. The number of aromatic nitrogens is 2. The summed E-state index contributed by atoms with van der Waals surface area (Å²) in [4.78, 5) is 45.2. The Morgan fingerprint density at radius 3 is 2.60 bits per heavy atom.